The fraction of sp³-hybridized carbons (Fsp3) is 0.579. The predicted octanol–water partition coefficient (Wildman–Crippen LogP) is 3.22. The van der Waals surface area contributed by atoms with E-state index < -0.39 is 0 Å². The van der Waals surface area contributed by atoms with Crippen molar-refractivity contribution < 1.29 is 0 Å². The van der Waals surface area contributed by atoms with Crippen molar-refractivity contribution in [1.82, 2.24) is 10.2 Å². The second-order valence-electron chi connectivity index (χ2n) is 6.65. The number of hydrogen-bond donors (Lipinski definition) is 1. The van der Waals surface area contributed by atoms with Gasteiger partial charge in [0, 0.05) is 37.6 Å². The van der Waals surface area contributed by atoms with Crippen molar-refractivity contribution in [3.8, 4) is 11.8 Å². The molecule has 1 aliphatic carbocycles. The van der Waals surface area contributed by atoms with E-state index in [2.05, 4.69) is 59.3 Å². The van der Waals surface area contributed by atoms with Gasteiger partial charge in [-0.2, -0.15) is 0 Å². The molecule has 2 unspecified atom stereocenters. The topological polar surface area (TPSA) is 15.3 Å². The maximum atomic E-state index is 3.85. The quantitative estimate of drug-likeness (QED) is 0.853. The van der Waals surface area contributed by atoms with Gasteiger partial charge in [0.15, 0.2) is 0 Å². The van der Waals surface area contributed by atoms with E-state index in [0.29, 0.717) is 11.6 Å². The van der Waals surface area contributed by atoms with Crippen LogP contribution in [0.2, 0.25) is 0 Å². The molecule has 3 rings (SSSR count). The molecular weight excluding hydrogens is 256 g/mol. The highest BCUT2D eigenvalue weighted by molar-refractivity contribution is 5.21. The van der Waals surface area contributed by atoms with Gasteiger partial charge in [0.25, 0.3) is 0 Å². The van der Waals surface area contributed by atoms with E-state index in [1.165, 1.54) is 18.4 Å². The Bertz CT molecular complexity index is 523. The second kappa shape index (κ2) is 6.22. The normalized spacial score (nSPS) is 29.7. The van der Waals surface area contributed by atoms with Crippen LogP contribution in [0.25, 0.3) is 0 Å². The van der Waals surface area contributed by atoms with Crippen molar-refractivity contribution >= 4 is 0 Å². The lowest BCUT2D eigenvalue weighted by Gasteiger charge is -2.47. The molecule has 1 aromatic rings. The third-order valence-electron chi connectivity index (χ3n) is 5.04. The highest BCUT2D eigenvalue weighted by Crippen LogP contribution is 2.42. The van der Waals surface area contributed by atoms with Crippen molar-refractivity contribution in [2.45, 2.75) is 44.7 Å². The molecule has 112 valence electrons. The van der Waals surface area contributed by atoms with Crippen LogP contribution in [0.5, 0.6) is 0 Å². The summed E-state index contributed by atoms with van der Waals surface area (Å²) in [5.74, 6) is 7.12. The zero-order valence-corrected chi connectivity index (χ0v) is 13.2. The fourth-order valence-corrected chi connectivity index (χ4v) is 3.60. The first-order valence-electron chi connectivity index (χ1n) is 8.16. The van der Waals surface area contributed by atoms with E-state index in [-0.39, 0.29) is 0 Å². The first-order chi connectivity index (χ1) is 10.2. The van der Waals surface area contributed by atoms with Crippen LogP contribution in [0.1, 0.15) is 44.7 Å². The zero-order chi connectivity index (χ0) is 14.7. The van der Waals surface area contributed by atoms with Gasteiger partial charge >= 0.3 is 0 Å². The summed E-state index contributed by atoms with van der Waals surface area (Å²) in [6.45, 7) is 7.61. The van der Waals surface area contributed by atoms with Crippen molar-refractivity contribution in [3.05, 3.63) is 35.9 Å². The molecule has 2 fully saturated rings. The minimum atomic E-state index is 0.297. The largest absolute Gasteiger partial charge is 0.308 e. The fourth-order valence-electron chi connectivity index (χ4n) is 3.60. The van der Waals surface area contributed by atoms with E-state index in [1.54, 1.807) is 0 Å². The van der Waals surface area contributed by atoms with Gasteiger partial charge < -0.3 is 5.32 Å². The third-order valence-corrected chi connectivity index (χ3v) is 5.04. The summed E-state index contributed by atoms with van der Waals surface area (Å²) in [4.78, 5) is 2.65. The standard InChI is InChI=1S/C19H26N2/c1-3-4-8-13-21-15-19(2,17-11-12-17)20-14-18(21)16-9-6-5-7-10-16/h5-7,9-10,17-18,20H,8,11-15H2,1-2H3. The van der Waals surface area contributed by atoms with E-state index in [9.17, 15) is 0 Å². The van der Waals surface area contributed by atoms with Crippen LogP contribution in [0, 0.1) is 17.8 Å². The molecule has 0 radical (unpaired) electrons. The Morgan fingerprint density at radius 2 is 2.05 bits per heavy atom. The Balaban J connectivity index is 1.76. The van der Waals surface area contributed by atoms with Crippen molar-refractivity contribution in [1.29, 1.82) is 0 Å². The van der Waals surface area contributed by atoms with Crippen molar-refractivity contribution in [2.24, 2.45) is 5.92 Å². The van der Waals surface area contributed by atoms with E-state index in [4.69, 9.17) is 0 Å². The minimum absolute atomic E-state index is 0.297. The molecule has 1 saturated heterocycles. The average molecular weight is 282 g/mol. The summed E-state index contributed by atoms with van der Waals surface area (Å²) in [7, 11) is 0. The molecule has 2 heteroatoms. The lowest BCUT2D eigenvalue weighted by atomic mass is 9.89. The van der Waals surface area contributed by atoms with Crippen LogP contribution in [-0.4, -0.2) is 30.1 Å². The van der Waals surface area contributed by atoms with Crippen LogP contribution in [0.15, 0.2) is 30.3 Å². The Labute approximate surface area is 128 Å². The number of hydrogen-bond acceptors (Lipinski definition) is 2. The third kappa shape index (κ3) is 3.31. The van der Waals surface area contributed by atoms with Gasteiger partial charge in [-0.25, -0.2) is 0 Å². The molecule has 0 aromatic heterocycles. The van der Waals surface area contributed by atoms with E-state index in [0.717, 1.165) is 32.0 Å². The summed E-state index contributed by atoms with van der Waals surface area (Å²) in [5, 5.41) is 3.85. The molecule has 2 atom stereocenters. The maximum Gasteiger partial charge on any atom is 0.0474 e. The molecule has 1 N–H and O–H groups in total. The molecular formula is C19H26N2. The summed E-state index contributed by atoms with van der Waals surface area (Å²) < 4.78 is 0. The first-order valence-corrected chi connectivity index (χ1v) is 8.16. The van der Waals surface area contributed by atoms with Crippen LogP contribution < -0.4 is 5.32 Å². The number of nitrogens with one attached hydrogen (secondary N) is 1. The number of nitrogens with zero attached hydrogens (tertiary/aromatic N) is 1. The summed E-state index contributed by atoms with van der Waals surface area (Å²) in [6.07, 6.45) is 3.75. The predicted molar refractivity (Wildman–Crippen MR) is 88.0 cm³/mol. The van der Waals surface area contributed by atoms with Crippen LogP contribution >= 0.6 is 0 Å². The first kappa shape index (κ1) is 14.6. The molecule has 1 aliphatic heterocycles. The smallest absolute Gasteiger partial charge is 0.0474 e. The van der Waals surface area contributed by atoms with Gasteiger partial charge in [0.05, 0.1) is 0 Å². The molecule has 0 amide bonds. The molecule has 2 nitrogen and oxygen atoms in total. The second-order valence-corrected chi connectivity index (χ2v) is 6.65. The molecule has 21 heavy (non-hydrogen) atoms. The van der Waals surface area contributed by atoms with Gasteiger partial charge in [0.2, 0.25) is 0 Å². The van der Waals surface area contributed by atoms with Gasteiger partial charge in [0.1, 0.15) is 0 Å². The summed E-state index contributed by atoms with van der Waals surface area (Å²) in [6, 6.07) is 11.4. The van der Waals surface area contributed by atoms with Crippen LogP contribution in [0.4, 0.5) is 0 Å². The number of benzene rings is 1. The molecule has 1 heterocycles. The molecule has 1 aromatic carbocycles. The van der Waals surface area contributed by atoms with Gasteiger partial charge in [-0.15, -0.1) is 11.8 Å². The SMILES string of the molecule is CC#CCCN1CC(C)(C2CC2)NCC1c1ccccc1. The van der Waals surface area contributed by atoms with E-state index >= 15 is 0 Å². The molecule has 0 bridgehead atoms. The van der Waals surface area contributed by atoms with E-state index in [1.807, 2.05) is 6.92 Å². The molecule has 0 spiro atoms. The lowest BCUT2D eigenvalue weighted by molar-refractivity contribution is 0.0767. The average Bonchev–Trinajstić information content (AvgIpc) is 3.34. The Morgan fingerprint density at radius 3 is 2.71 bits per heavy atom. The van der Waals surface area contributed by atoms with Crippen LogP contribution in [0.3, 0.4) is 0 Å². The van der Waals surface area contributed by atoms with Crippen LogP contribution in [-0.2, 0) is 0 Å². The highest BCUT2D eigenvalue weighted by atomic mass is 15.3. The van der Waals surface area contributed by atoms with Crippen molar-refractivity contribution in [2.75, 3.05) is 19.6 Å². The van der Waals surface area contributed by atoms with Gasteiger partial charge in [-0.05, 0) is 38.2 Å². The summed E-state index contributed by atoms with van der Waals surface area (Å²) >= 11 is 0. The maximum absolute atomic E-state index is 3.85. The lowest BCUT2D eigenvalue weighted by Crippen LogP contribution is -2.61. The Morgan fingerprint density at radius 1 is 1.29 bits per heavy atom. The van der Waals surface area contributed by atoms with Crippen molar-refractivity contribution in [3.63, 3.8) is 0 Å². The Kier molecular flexibility index (Phi) is 4.33. The highest BCUT2D eigenvalue weighted by Gasteiger charge is 2.45. The monoisotopic (exact) mass is 282 g/mol. The molecule has 2 aliphatic rings. The van der Waals surface area contributed by atoms with Gasteiger partial charge in [-0.3, -0.25) is 4.90 Å². The summed E-state index contributed by atoms with van der Waals surface area (Å²) in [5.41, 5.74) is 1.72. The number of piperazine rings is 1. The minimum Gasteiger partial charge on any atom is -0.308 e. The zero-order valence-electron chi connectivity index (χ0n) is 13.2. The number of rotatable bonds is 4. The Hall–Kier alpha value is -1.30. The van der Waals surface area contributed by atoms with Gasteiger partial charge in [-0.1, -0.05) is 30.3 Å². The molecule has 1 saturated carbocycles.